The molecule has 0 aromatic heterocycles. The Kier molecular flexibility index (Phi) is 4.58. The fraction of sp³-hybridized carbons (Fsp3) is 0.350. The van der Waals surface area contributed by atoms with Crippen molar-refractivity contribution in [2.45, 2.75) is 25.4 Å². The van der Waals surface area contributed by atoms with Crippen molar-refractivity contribution in [3.63, 3.8) is 0 Å². The van der Waals surface area contributed by atoms with Crippen molar-refractivity contribution in [3.05, 3.63) is 60.2 Å². The van der Waals surface area contributed by atoms with E-state index in [2.05, 4.69) is 0 Å². The lowest BCUT2D eigenvalue weighted by molar-refractivity contribution is -0.0107. The highest BCUT2D eigenvalue weighted by Crippen LogP contribution is 2.29. The topological polar surface area (TPSA) is 43.8 Å². The molecule has 1 heterocycles. The highest BCUT2D eigenvalue weighted by molar-refractivity contribution is 6.00. The van der Waals surface area contributed by atoms with Crippen molar-refractivity contribution in [1.29, 1.82) is 0 Å². The number of anilines is 2. The smallest absolute Gasteiger partial charge is 0.256 e. The predicted molar refractivity (Wildman–Crippen MR) is 96.7 cm³/mol. The third-order valence-corrected chi connectivity index (χ3v) is 4.60. The Morgan fingerprint density at radius 2 is 1.79 bits per heavy atom. The summed E-state index contributed by atoms with van der Waals surface area (Å²) in [6, 6.07) is 17.6. The number of para-hydroxylation sites is 2. The van der Waals surface area contributed by atoms with Crippen molar-refractivity contribution in [2.75, 3.05) is 25.0 Å². The minimum absolute atomic E-state index is 0.0200. The first-order valence-corrected chi connectivity index (χ1v) is 8.37. The first-order valence-electron chi connectivity index (χ1n) is 8.37. The normalized spacial score (nSPS) is 20.7. The summed E-state index contributed by atoms with van der Waals surface area (Å²) in [5, 5.41) is 10.3. The molecule has 0 spiro atoms. The van der Waals surface area contributed by atoms with Gasteiger partial charge in [0.05, 0.1) is 16.9 Å². The molecule has 1 aliphatic heterocycles. The Morgan fingerprint density at radius 1 is 1.12 bits per heavy atom. The number of amides is 1. The monoisotopic (exact) mass is 324 g/mol. The van der Waals surface area contributed by atoms with Crippen molar-refractivity contribution in [2.24, 2.45) is 0 Å². The van der Waals surface area contributed by atoms with Crippen molar-refractivity contribution in [1.82, 2.24) is 4.90 Å². The largest absolute Gasteiger partial charge is 0.388 e. The lowest BCUT2D eigenvalue weighted by Gasteiger charge is -2.37. The van der Waals surface area contributed by atoms with E-state index < -0.39 is 5.60 Å². The van der Waals surface area contributed by atoms with Gasteiger partial charge in [-0.05, 0) is 44.0 Å². The molecule has 0 saturated carbocycles. The second-order valence-corrected chi connectivity index (χ2v) is 6.74. The van der Waals surface area contributed by atoms with E-state index in [0.29, 0.717) is 18.7 Å². The molecule has 2 aromatic carbocycles. The summed E-state index contributed by atoms with van der Waals surface area (Å²) in [4.78, 5) is 16.8. The number of nitrogens with zero attached hydrogens (tertiary/aromatic N) is 2. The Hall–Kier alpha value is -2.33. The zero-order valence-electron chi connectivity index (χ0n) is 14.3. The summed E-state index contributed by atoms with van der Waals surface area (Å²) in [5.41, 5.74) is 1.78. The fourth-order valence-corrected chi connectivity index (χ4v) is 3.30. The van der Waals surface area contributed by atoms with E-state index in [0.717, 1.165) is 24.2 Å². The Bertz CT molecular complexity index is 713. The van der Waals surface area contributed by atoms with Crippen LogP contribution in [0.15, 0.2) is 54.6 Å². The molecule has 3 rings (SSSR count). The molecule has 1 saturated heterocycles. The number of hydrogen-bond donors (Lipinski definition) is 1. The van der Waals surface area contributed by atoms with Crippen LogP contribution in [-0.4, -0.2) is 41.7 Å². The second-order valence-electron chi connectivity index (χ2n) is 6.74. The van der Waals surface area contributed by atoms with Crippen molar-refractivity contribution < 1.29 is 9.90 Å². The van der Waals surface area contributed by atoms with E-state index in [9.17, 15) is 9.90 Å². The highest BCUT2D eigenvalue weighted by atomic mass is 16.3. The van der Waals surface area contributed by atoms with Gasteiger partial charge in [-0.2, -0.15) is 0 Å². The maximum Gasteiger partial charge on any atom is 0.256 e. The maximum atomic E-state index is 13.0. The third-order valence-electron chi connectivity index (χ3n) is 4.60. The fourth-order valence-electron chi connectivity index (χ4n) is 3.30. The summed E-state index contributed by atoms with van der Waals surface area (Å²) in [6.07, 6.45) is 1.57. The molecule has 4 nitrogen and oxygen atoms in total. The lowest BCUT2D eigenvalue weighted by Crippen LogP contribution is -2.48. The molecule has 1 fully saturated rings. The molecule has 1 atom stereocenters. The number of aliphatic hydroxyl groups is 1. The van der Waals surface area contributed by atoms with Crippen molar-refractivity contribution >= 4 is 17.3 Å². The molecule has 0 aliphatic carbocycles. The standard InChI is InChI=1S/C20H24N2O2/c1-20(24)13-8-14-22(15-20)19(23)17-11-6-7-12-18(17)21(2)16-9-4-3-5-10-16/h3-7,9-12,24H,8,13-15H2,1-2H3. The van der Waals surface area contributed by atoms with Gasteiger partial charge in [0, 0.05) is 25.8 Å². The van der Waals surface area contributed by atoms with Gasteiger partial charge in [0.25, 0.3) is 5.91 Å². The van der Waals surface area contributed by atoms with Crippen LogP contribution in [0.2, 0.25) is 0 Å². The Balaban J connectivity index is 1.90. The Morgan fingerprint density at radius 3 is 2.50 bits per heavy atom. The number of benzene rings is 2. The van der Waals surface area contributed by atoms with Crippen LogP contribution in [0.5, 0.6) is 0 Å². The molecule has 1 unspecified atom stereocenters. The first-order chi connectivity index (χ1) is 11.5. The SMILES string of the molecule is CN(c1ccccc1)c1ccccc1C(=O)N1CCCC(C)(O)C1. The average molecular weight is 324 g/mol. The summed E-state index contributed by atoms with van der Waals surface area (Å²) in [5.74, 6) is -0.0200. The van der Waals surface area contributed by atoms with Crippen LogP contribution in [-0.2, 0) is 0 Å². The molecule has 2 aromatic rings. The van der Waals surface area contributed by atoms with E-state index in [1.165, 1.54) is 0 Å². The van der Waals surface area contributed by atoms with E-state index >= 15 is 0 Å². The van der Waals surface area contributed by atoms with Crippen LogP contribution in [0.25, 0.3) is 0 Å². The predicted octanol–water partition coefficient (Wildman–Crippen LogP) is 3.44. The van der Waals surface area contributed by atoms with Gasteiger partial charge in [-0.1, -0.05) is 30.3 Å². The molecule has 126 valence electrons. The molecule has 1 amide bonds. The van der Waals surface area contributed by atoms with Gasteiger partial charge in [-0.3, -0.25) is 4.79 Å². The molecular weight excluding hydrogens is 300 g/mol. The zero-order chi connectivity index (χ0) is 17.2. The molecular formula is C20H24N2O2. The van der Waals surface area contributed by atoms with E-state index in [1.54, 1.807) is 11.8 Å². The quantitative estimate of drug-likeness (QED) is 0.940. The number of rotatable bonds is 3. The second kappa shape index (κ2) is 6.65. The van der Waals surface area contributed by atoms with Crippen LogP contribution < -0.4 is 4.90 Å². The van der Waals surface area contributed by atoms with Gasteiger partial charge in [-0.25, -0.2) is 0 Å². The molecule has 0 radical (unpaired) electrons. The van der Waals surface area contributed by atoms with E-state index in [1.807, 2.05) is 66.5 Å². The molecule has 1 N–H and O–H groups in total. The molecule has 24 heavy (non-hydrogen) atoms. The number of hydrogen-bond acceptors (Lipinski definition) is 3. The summed E-state index contributed by atoms with van der Waals surface area (Å²) in [6.45, 7) is 2.88. The number of carbonyl (C=O) groups is 1. The Labute approximate surface area is 143 Å². The number of piperidine rings is 1. The summed E-state index contributed by atoms with van der Waals surface area (Å²) >= 11 is 0. The van der Waals surface area contributed by atoms with E-state index in [-0.39, 0.29) is 5.91 Å². The van der Waals surface area contributed by atoms with Crippen molar-refractivity contribution in [3.8, 4) is 0 Å². The summed E-state index contributed by atoms with van der Waals surface area (Å²) in [7, 11) is 1.97. The van der Waals surface area contributed by atoms with Crippen LogP contribution in [0.3, 0.4) is 0 Å². The number of carbonyl (C=O) groups excluding carboxylic acids is 1. The van der Waals surface area contributed by atoms with Gasteiger partial charge in [-0.15, -0.1) is 0 Å². The van der Waals surface area contributed by atoms with Gasteiger partial charge in [0.15, 0.2) is 0 Å². The zero-order valence-corrected chi connectivity index (χ0v) is 14.3. The molecule has 1 aliphatic rings. The van der Waals surface area contributed by atoms with Crippen LogP contribution in [0, 0.1) is 0 Å². The van der Waals surface area contributed by atoms with Gasteiger partial charge in [0.2, 0.25) is 0 Å². The minimum Gasteiger partial charge on any atom is -0.388 e. The summed E-state index contributed by atoms with van der Waals surface area (Å²) < 4.78 is 0. The maximum absolute atomic E-state index is 13.0. The van der Waals surface area contributed by atoms with E-state index in [4.69, 9.17) is 0 Å². The van der Waals surface area contributed by atoms with Crippen LogP contribution in [0.1, 0.15) is 30.1 Å². The van der Waals surface area contributed by atoms with Gasteiger partial charge >= 0.3 is 0 Å². The first kappa shape index (κ1) is 16.5. The molecule has 0 bridgehead atoms. The number of β-amino-alcohol motifs (C(OH)–C–C–N with tert-alkyl or cyclic N) is 1. The molecule has 4 heteroatoms. The lowest BCUT2D eigenvalue weighted by atomic mass is 9.94. The van der Waals surface area contributed by atoms with Gasteiger partial charge in [0.1, 0.15) is 0 Å². The van der Waals surface area contributed by atoms with Gasteiger partial charge < -0.3 is 14.9 Å². The third kappa shape index (κ3) is 3.44. The minimum atomic E-state index is -0.797. The number of likely N-dealkylation sites (tertiary alicyclic amines) is 1. The average Bonchev–Trinajstić information content (AvgIpc) is 2.60. The van der Waals surface area contributed by atoms with Crippen LogP contribution >= 0.6 is 0 Å². The highest BCUT2D eigenvalue weighted by Gasteiger charge is 2.32. The van der Waals surface area contributed by atoms with Crippen LogP contribution in [0.4, 0.5) is 11.4 Å².